The van der Waals surface area contributed by atoms with E-state index >= 15 is 0 Å². The molecule has 1 aliphatic carbocycles. The normalized spacial score (nSPS) is 21.7. The van der Waals surface area contributed by atoms with Crippen LogP contribution in [0.5, 0.6) is 0 Å². The van der Waals surface area contributed by atoms with E-state index in [0.29, 0.717) is 18.8 Å². The number of aromatic nitrogens is 1. The van der Waals surface area contributed by atoms with Gasteiger partial charge in [0, 0.05) is 38.2 Å². The molecule has 0 spiro atoms. The molecule has 5 rings (SSSR count). The monoisotopic (exact) mass is 551 g/mol. The van der Waals surface area contributed by atoms with Crippen molar-refractivity contribution in [1.29, 1.82) is 0 Å². The number of anilines is 2. The lowest BCUT2D eigenvalue weighted by molar-refractivity contribution is -0.104. The first-order valence-corrected chi connectivity index (χ1v) is 17.4. The van der Waals surface area contributed by atoms with Crippen LogP contribution < -0.4 is 15.8 Å². The van der Waals surface area contributed by atoms with Gasteiger partial charge in [-0.1, -0.05) is 13.1 Å². The summed E-state index contributed by atoms with van der Waals surface area (Å²) in [5.41, 5.74) is 0.213. The summed E-state index contributed by atoms with van der Waals surface area (Å²) in [5, 5.41) is 2.04. The van der Waals surface area contributed by atoms with E-state index in [-0.39, 0.29) is 29.4 Å². The molecule has 8 nitrogen and oxygen atoms in total. The number of amides is 1. The fourth-order valence-electron chi connectivity index (χ4n) is 4.99. The van der Waals surface area contributed by atoms with Crippen molar-refractivity contribution in [2.24, 2.45) is 0 Å². The Kier molecular flexibility index (Phi) is 6.56. The van der Waals surface area contributed by atoms with Crippen LogP contribution in [0.4, 0.5) is 20.2 Å². The van der Waals surface area contributed by atoms with E-state index in [1.54, 1.807) is 12.1 Å². The fraction of sp³-hybridized carbons (Fsp3) is 0.520. The summed E-state index contributed by atoms with van der Waals surface area (Å²) in [6.07, 6.45) is 0.628. The van der Waals surface area contributed by atoms with E-state index < -0.39 is 59.4 Å². The van der Waals surface area contributed by atoms with Crippen LogP contribution in [0.2, 0.25) is 25.2 Å². The van der Waals surface area contributed by atoms with Crippen molar-refractivity contribution in [3.63, 3.8) is 0 Å². The highest BCUT2D eigenvalue weighted by atomic mass is 32.2. The number of benzene rings is 1. The molecule has 200 valence electrons. The van der Waals surface area contributed by atoms with Gasteiger partial charge in [0.15, 0.2) is 9.84 Å². The number of carbonyl (C=O) groups is 1. The molecule has 0 bridgehead atoms. The van der Waals surface area contributed by atoms with E-state index in [9.17, 15) is 26.8 Å². The van der Waals surface area contributed by atoms with Gasteiger partial charge in [-0.2, -0.15) is 0 Å². The Balaban J connectivity index is 1.45. The predicted octanol–water partition coefficient (Wildman–Crippen LogP) is 3.77. The van der Waals surface area contributed by atoms with Crippen molar-refractivity contribution in [3.8, 4) is 0 Å². The van der Waals surface area contributed by atoms with Crippen molar-refractivity contribution < 1.29 is 26.7 Å². The highest BCUT2D eigenvalue weighted by Gasteiger charge is 2.46. The standard InChI is InChI=1S/C25H31F2N3O5SSi/c1-37(2)10-8-29(9-11-37)22-12-18(36(33,34)19-15-35-16-19)5-6-20(22)23(31)28-21-4-3-7-30(24(21)32)17-13-25(26,27)14-17/h3-7,12,17,19H,8-11,13-16H2,1-2H3,(H,28,31). The maximum Gasteiger partial charge on any atom is 0.274 e. The molecule has 1 aromatic carbocycles. The lowest BCUT2D eigenvalue weighted by atomic mass is 9.88. The summed E-state index contributed by atoms with van der Waals surface area (Å²) >= 11 is 0. The maximum absolute atomic E-state index is 13.4. The molecule has 2 aromatic rings. The van der Waals surface area contributed by atoms with Crippen LogP contribution in [0.1, 0.15) is 29.2 Å². The van der Waals surface area contributed by atoms with Crippen molar-refractivity contribution in [2.45, 2.75) is 60.1 Å². The number of alkyl halides is 2. The number of ether oxygens (including phenoxy) is 1. The smallest absolute Gasteiger partial charge is 0.274 e. The van der Waals surface area contributed by atoms with E-state index in [2.05, 4.69) is 18.4 Å². The summed E-state index contributed by atoms with van der Waals surface area (Å²) < 4.78 is 59.2. The zero-order valence-electron chi connectivity index (χ0n) is 20.9. The maximum atomic E-state index is 13.4. The molecule has 0 radical (unpaired) electrons. The molecule has 2 saturated heterocycles. The number of pyridine rings is 1. The molecule has 37 heavy (non-hydrogen) atoms. The minimum absolute atomic E-state index is 0.0100. The summed E-state index contributed by atoms with van der Waals surface area (Å²) in [6, 6.07) is 8.86. The van der Waals surface area contributed by atoms with E-state index in [1.165, 1.54) is 29.0 Å². The van der Waals surface area contributed by atoms with Crippen molar-refractivity contribution in [3.05, 3.63) is 52.4 Å². The van der Waals surface area contributed by atoms with Gasteiger partial charge < -0.3 is 19.5 Å². The third kappa shape index (κ3) is 5.10. The van der Waals surface area contributed by atoms with Gasteiger partial charge in [-0.25, -0.2) is 17.2 Å². The molecule has 12 heteroatoms. The first-order chi connectivity index (χ1) is 17.4. The number of halogens is 2. The van der Waals surface area contributed by atoms with Crippen LogP contribution in [-0.4, -0.2) is 64.4 Å². The first kappa shape index (κ1) is 26.1. The Bertz CT molecular complexity index is 1370. The SMILES string of the molecule is C[Si]1(C)CCN(c2cc(S(=O)(=O)C3COC3)ccc2C(=O)Nc2cccn(C3CC(F)(F)C3)c2=O)CC1. The van der Waals surface area contributed by atoms with Gasteiger partial charge in [-0.3, -0.25) is 9.59 Å². The zero-order valence-corrected chi connectivity index (χ0v) is 22.7. The minimum atomic E-state index is -3.60. The predicted molar refractivity (Wildman–Crippen MR) is 139 cm³/mol. The van der Waals surface area contributed by atoms with Crippen LogP contribution in [0.15, 0.2) is 46.2 Å². The van der Waals surface area contributed by atoms with Crippen molar-refractivity contribution >= 4 is 35.2 Å². The Morgan fingerprint density at radius 1 is 1.14 bits per heavy atom. The molecule has 1 saturated carbocycles. The average molecular weight is 552 g/mol. The average Bonchev–Trinajstić information content (AvgIpc) is 2.77. The first-order valence-electron chi connectivity index (χ1n) is 12.5. The molecule has 1 N–H and O–H groups in total. The fourth-order valence-corrected chi connectivity index (χ4v) is 8.46. The van der Waals surface area contributed by atoms with Gasteiger partial charge >= 0.3 is 0 Å². The Labute approximate surface area is 215 Å². The number of nitrogens with one attached hydrogen (secondary N) is 1. The number of nitrogens with zero attached hydrogens (tertiary/aromatic N) is 2. The molecule has 0 atom stereocenters. The molecule has 3 heterocycles. The molecular formula is C25H31F2N3O5SSi. The lowest BCUT2D eigenvalue weighted by Crippen LogP contribution is -2.44. The third-order valence-corrected chi connectivity index (χ3v) is 12.9. The lowest BCUT2D eigenvalue weighted by Gasteiger charge is -2.38. The Hall–Kier alpha value is -2.57. The Morgan fingerprint density at radius 3 is 2.41 bits per heavy atom. The van der Waals surface area contributed by atoms with Crippen molar-refractivity contribution in [2.75, 3.05) is 36.5 Å². The molecular weight excluding hydrogens is 520 g/mol. The van der Waals surface area contributed by atoms with Crippen LogP contribution in [-0.2, 0) is 14.6 Å². The molecule has 2 aliphatic heterocycles. The second-order valence-electron chi connectivity index (χ2n) is 11.0. The largest absolute Gasteiger partial charge is 0.379 e. The van der Waals surface area contributed by atoms with Crippen LogP contribution in [0.25, 0.3) is 0 Å². The van der Waals surface area contributed by atoms with Gasteiger partial charge in [-0.05, 0) is 42.4 Å². The van der Waals surface area contributed by atoms with E-state index in [1.807, 2.05) is 4.90 Å². The van der Waals surface area contributed by atoms with Crippen LogP contribution in [0, 0.1) is 0 Å². The van der Waals surface area contributed by atoms with Gasteiger partial charge in [0.2, 0.25) is 0 Å². The van der Waals surface area contributed by atoms with E-state index in [4.69, 9.17) is 4.74 Å². The van der Waals surface area contributed by atoms with E-state index in [0.717, 1.165) is 12.1 Å². The quantitative estimate of drug-likeness (QED) is 0.549. The van der Waals surface area contributed by atoms with Gasteiger partial charge in [0.05, 0.1) is 37.4 Å². The Morgan fingerprint density at radius 2 is 1.81 bits per heavy atom. The number of carbonyl (C=O) groups excluding carboxylic acids is 1. The summed E-state index contributed by atoms with van der Waals surface area (Å²) in [5.74, 6) is -3.33. The molecule has 1 aromatic heterocycles. The highest BCUT2D eigenvalue weighted by Crippen LogP contribution is 2.44. The molecule has 0 unspecified atom stereocenters. The number of sulfone groups is 1. The number of hydrogen-bond acceptors (Lipinski definition) is 6. The van der Waals surface area contributed by atoms with Gasteiger partial charge in [0.25, 0.3) is 17.4 Å². The molecule has 3 aliphatic rings. The van der Waals surface area contributed by atoms with Crippen molar-refractivity contribution in [1.82, 2.24) is 4.57 Å². The second-order valence-corrected chi connectivity index (χ2v) is 18.6. The summed E-state index contributed by atoms with van der Waals surface area (Å²) in [4.78, 5) is 28.6. The summed E-state index contributed by atoms with van der Waals surface area (Å²) in [6.45, 7) is 6.35. The number of rotatable bonds is 6. The molecule has 1 amide bonds. The topological polar surface area (TPSA) is 97.7 Å². The second kappa shape index (κ2) is 9.32. The van der Waals surface area contributed by atoms with Crippen LogP contribution in [0.3, 0.4) is 0 Å². The van der Waals surface area contributed by atoms with Gasteiger partial charge in [0.1, 0.15) is 10.9 Å². The summed E-state index contributed by atoms with van der Waals surface area (Å²) in [7, 11) is -4.95. The van der Waals surface area contributed by atoms with Crippen LogP contribution >= 0.6 is 0 Å². The minimum Gasteiger partial charge on any atom is -0.379 e. The van der Waals surface area contributed by atoms with Gasteiger partial charge in [-0.15, -0.1) is 0 Å². The number of hydrogen-bond donors (Lipinski definition) is 1. The zero-order chi connectivity index (χ0) is 26.6. The third-order valence-electron chi connectivity index (χ3n) is 7.73. The highest BCUT2D eigenvalue weighted by molar-refractivity contribution is 7.92. The molecule has 3 fully saturated rings.